The normalized spacial score (nSPS) is 9.20. The largest absolute Gasteiger partial charge is 0.361 e. The van der Waals surface area contributed by atoms with Crippen molar-refractivity contribution in [3.8, 4) is 6.07 Å². The number of aryl methyl sites for hydroxylation is 2. The van der Waals surface area contributed by atoms with E-state index in [9.17, 15) is 0 Å². The first-order valence-electron chi connectivity index (χ1n) is 3.12. The van der Waals surface area contributed by atoms with E-state index < -0.39 is 0 Å². The molecule has 0 atom stereocenters. The zero-order valence-corrected chi connectivity index (χ0v) is 5.79. The summed E-state index contributed by atoms with van der Waals surface area (Å²) in [6, 6.07) is 3.88. The van der Waals surface area contributed by atoms with Crippen molar-refractivity contribution < 1.29 is 4.52 Å². The maximum atomic E-state index is 8.22. The average molecular weight is 136 g/mol. The van der Waals surface area contributed by atoms with Gasteiger partial charge in [-0.25, -0.2) is 0 Å². The molecule has 1 heterocycles. The highest BCUT2D eigenvalue weighted by atomic mass is 16.5. The Balaban J connectivity index is 2.52. The second-order valence-corrected chi connectivity index (χ2v) is 2.09. The topological polar surface area (TPSA) is 49.8 Å². The van der Waals surface area contributed by atoms with Crippen molar-refractivity contribution >= 4 is 0 Å². The molecule has 0 spiro atoms. The van der Waals surface area contributed by atoms with E-state index in [1.807, 2.05) is 19.1 Å². The van der Waals surface area contributed by atoms with E-state index in [4.69, 9.17) is 9.78 Å². The van der Waals surface area contributed by atoms with E-state index in [0.717, 1.165) is 11.5 Å². The molecule has 3 nitrogen and oxygen atoms in total. The Morgan fingerprint density at radius 2 is 2.60 bits per heavy atom. The van der Waals surface area contributed by atoms with Gasteiger partial charge in [-0.05, 0) is 6.92 Å². The second kappa shape index (κ2) is 3.02. The van der Waals surface area contributed by atoms with E-state index in [-0.39, 0.29) is 0 Å². The number of hydrogen-bond acceptors (Lipinski definition) is 3. The average Bonchev–Trinajstić information content (AvgIpc) is 2.31. The monoisotopic (exact) mass is 136 g/mol. The van der Waals surface area contributed by atoms with Crippen molar-refractivity contribution in [3.63, 3.8) is 0 Å². The van der Waals surface area contributed by atoms with E-state index in [2.05, 4.69) is 5.16 Å². The fourth-order valence-electron chi connectivity index (χ4n) is 0.713. The first-order valence-corrected chi connectivity index (χ1v) is 3.12. The fourth-order valence-corrected chi connectivity index (χ4v) is 0.713. The van der Waals surface area contributed by atoms with Crippen molar-refractivity contribution in [2.75, 3.05) is 0 Å². The Morgan fingerprint density at radius 3 is 3.10 bits per heavy atom. The lowest BCUT2D eigenvalue weighted by atomic mass is 10.2. The molecule has 0 aliphatic carbocycles. The lowest BCUT2D eigenvalue weighted by Crippen LogP contribution is -1.76. The zero-order chi connectivity index (χ0) is 7.40. The molecular formula is C7H8N2O. The lowest BCUT2D eigenvalue weighted by molar-refractivity contribution is 0.380. The van der Waals surface area contributed by atoms with E-state index in [1.165, 1.54) is 0 Å². The van der Waals surface area contributed by atoms with Gasteiger partial charge in [0.15, 0.2) is 0 Å². The van der Waals surface area contributed by atoms with Crippen LogP contribution in [-0.2, 0) is 6.42 Å². The van der Waals surface area contributed by atoms with E-state index in [1.54, 1.807) is 0 Å². The second-order valence-electron chi connectivity index (χ2n) is 2.09. The summed E-state index contributed by atoms with van der Waals surface area (Å²) in [7, 11) is 0. The molecule has 1 rings (SSSR count). The predicted molar refractivity (Wildman–Crippen MR) is 35.2 cm³/mol. The molecule has 1 aromatic rings. The number of nitriles is 1. The number of aromatic nitrogens is 1. The Bertz CT molecular complexity index is 246. The lowest BCUT2D eigenvalue weighted by Gasteiger charge is -1.82. The zero-order valence-electron chi connectivity index (χ0n) is 5.79. The molecule has 0 radical (unpaired) electrons. The molecule has 0 unspecified atom stereocenters. The SMILES string of the molecule is Cc1cc(CCC#N)on1. The predicted octanol–water partition coefficient (Wildman–Crippen LogP) is 1.44. The van der Waals surface area contributed by atoms with Gasteiger partial charge in [0.05, 0.1) is 11.8 Å². The molecule has 52 valence electrons. The molecule has 0 aromatic carbocycles. The van der Waals surface area contributed by atoms with Gasteiger partial charge in [-0.3, -0.25) is 0 Å². The Morgan fingerprint density at radius 1 is 1.80 bits per heavy atom. The van der Waals surface area contributed by atoms with Gasteiger partial charge >= 0.3 is 0 Å². The van der Waals surface area contributed by atoms with Crippen LogP contribution in [0, 0.1) is 18.3 Å². The molecule has 0 N–H and O–H groups in total. The van der Waals surface area contributed by atoms with Crippen LogP contribution in [0.3, 0.4) is 0 Å². The standard InChI is InChI=1S/C7H8N2O/c1-6-5-7(10-9-6)3-2-4-8/h5H,2-3H2,1H3. The Labute approximate surface area is 59.2 Å². The van der Waals surface area contributed by atoms with Crippen LogP contribution in [0.1, 0.15) is 17.9 Å². The first kappa shape index (κ1) is 6.81. The van der Waals surface area contributed by atoms with Crippen molar-refractivity contribution in [2.45, 2.75) is 19.8 Å². The summed E-state index contributed by atoms with van der Waals surface area (Å²) >= 11 is 0. The Hall–Kier alpha value is -1.30. The molecule has 0 saturated carbocycles. The fraction of sp³-hybridized carbons (Fsp3) is 0.429. The van der Waals surface area contributed by atoms with Crippen LogP contribution in [0.2, 0.25) is 0 Å². The minimum absolute atomic E-state index is 0.495. The summed E-state index contributed by atoms with van der Waals surface area (Å²) in [6.07, 6.45) is 1.16. The molecule has 3 heteroatoms. The Kier molecular flexibility index (Phi) is 2.06. The van der Waals surface area contributed by atoms with E-state index in [0.29, 0.717) is 12.8 Å². The summed E-state index contributed by atoms with van der Waals surface area (Å²) in [5, 5.41) is 11.9. The maximum absolute atomic E-state index is 8.22. The molecule has 0 saturated heterocycles. The highest BCUT2D eigenvalue weighted by Gasteiger charge is 1.97. The highest BCUT2D eigenvalue weighted by molar-refractivity contribution is 5.03. The van der Waals surface area contributed by atoms with Gasteiger partial charge in [0.1, 0.15) is 5.76 Å². The first-order chi connectivity index (χ1) is 4.83. The van der Waals surface area contributed by atoms with Gasteiger partial charge in [0.25, 0.3) is 0 Å². The van der Waals surface area contributed by atoms with Crippen LogP contribution in [0.25, 0.3) is 0 Å². The molecule has 0 amide bonds. The number of nitrogens with zero attached hydrogens (tertiary/aromatic N) is 2. The van der Waals surface area contributed by atoms with Gasteiger partial charge < -0.3 is 4.52 Å². The molecule has 0 fully saturated rings. The van der Waals surface area contributed by atoms with Crippen molar-refractivity contribution in [2.24, 2.45) is 0 Å². The molecule has 0 aliphatic heterocycles. The van der Waals surface area contributed by atoms with Crippen LogP contribution in [-0.4, -0.2) is 5.16 Å². The third-order valence-electron chi connectivity index (χ3n) is 1.16. The number of rotatable bonds is 2. The van der Waals surface area contributed by atoms with Crippen LogP contribution < -0.4 is 0 Å². The van der Waals surface area contributed by atoms with Crippen LogP contribution in [0.15, 0.2) is 10.6 Å². The summed E-state index contributed by atoms with van der Waals surface area (Å²) in [6.45, 7) is 1.86. The van der Waals surface area contributed by atoms with E-state index >= 15 is 0 Å². The molecule has 0 aliphatic rings. The minimum Gasteiger partial charge on any atom is -0.361 e. The number of hydrogen-bond donors (Lipinski definition) is 0. The molecule has 1 aromatic heterocycles. The quantitative estimate of drug-likeness (QED) is 0.618. The summed E-state index contributed by atoms with van der Waals surface area (Å²) in [5.74, 6) is 0.791. The van der Waals surface area contributed by atoms with Crippen molar-refractivity contribution in [3.05, 3.63) is 17.5 Å². The third-order valence-corrected chi connectivity index (χ3v) is 1.16. The van der Waals surface area contributed by atoms with Gasteiger partial charge in [0, 0.05) is 18.9 Å². The van der Waals surface area contributed by atoms with Gasteiger partial charge in [-0.15, -0.1) is 0 Å². The van der Waals surface area contributed by atoms with Crippen LogP contribution in [0.5, 0.6) is 0 Å². The van der Waals surface area contributed by atoms with Crippen molar-refractivity contribution in [1.82, 2.24) is 5.16 Å². The summed E-state index contributed by atoms with van der Waals surface area (Å²) in [4.78, 5) is 0. The minimum atomic E-state index is 0.495. The maximum Gasteiger partial charge on any atom is 0.138 e. The van der Waals surface area contributed by atoms with Crippen LogP contribution in [0.4, 0.5) is 0 Å². The summed E-state index contributed by atoms with van der Waals surface area (Å²) in [5.41, 5.74) is 0.868. The molecular weight excluding hydrogens is 128 g/mol. The summed E-state index contributed by atoms with van der Waals surface area (Å²) < 4.78 is 4.87. The van der Waals surface area contributed by atoms with Gasteiger partial charge in [-0.1, -0.05) is 5.16 Å². The third kappa shape index (κ3) is 1.59. The molecule has 0 bridgehead atoms. The van der Waals surface area contributed by atoms with Gasteiger partial charge in [-0.2, -0.15) is 5.26 Å². The van der Waals surface area contributed by atoms with Crippen LogP contribution >= 0.6 is 0 Å². The smallest absolute Gasteiger partial charge is 0.138 e. The molecule has 10 heavy (non-hydrogen) atoms. The van der Waals surface area contributed by atoms with Gasteiger partial charge in [0.2, 0.25) is 0 Å². The van der Waals surface area contributed by atoms with Crippen molar-refractivity contribution in [1.29, 1.82) is 5.26 Å². The highest BCUT2D eigenvalue weighted by Crippen LogP contribution is 2.03.